The number of piperidine rings is 1. The second kappa shape index (κ2) is 3.65. The standard InChI is InChI=1S/C12H21NO/c1-9-3-6-13-10(7-9)8-11(14)12(2)4-5-12/h9-10,13H,3-8H2,1-2H3. The summed E-state index contributed by atoms with van der Waals surface area (Å²) in [4.78, 5) is 11.9. The molecular formula is C12H21NO. The van der Waals surface area contributed by atoms with Crippen molar-refractivity contribution in [2.75, 3.05) is 6.54 Å². The number of Topliss-reactive ketones (excluding diaryl/α,β-unsaturated/α-hetero) is 1. The SMILES string of the molecule is CC1CCNC(CC(=O)C2(C)CC2)C1. The van der Waals surface area contributed by atoms with Crippen molar-refractivity contribution in [3.05, 3.63) is 0 Å². The van der Waals surface area contributed by atoms with E-state index >= 15 is 0 Å². The van der Waals surface area contributed by atoms with Crippen molar-refractivity contribution >= 4 is 5.78 Å². The molecule has 2 rings (SSSR count). The lowest BCUT2D eigenvalue weighted by Gasteiger charge is -2.28. The van der Waals surface area contributed by atoms with Gasteiger partial charge in [-0.3, -0.25) is 4.79 Å². The Balaban J connectivity index is 1.81. The average Bonchev–Trinajstić information content (AvgIpc) is 2.85. The summed E-state index contributed by atoms with van der Waals surface area (Å²) >= 11 is 0. The summed E-state index contributed by atoms with van der Waals surface area (Å²) in [7, 11) is 0. The predicted molar refractivity (Wildman–Crippen MR) is 57.2 cm³/mol. The summed E-state index contributed by atoms with van der Waals surface area (Å²) in [6.45, 7) is 5.49. The molecule has 0 aromatic heterocycles. The first-order valence-electron chi connectivity index (χ1n) is 5.87. The monoisotopic (exact) mass is 195 g/mol. The fourth-order valence-electron chi connectivity index (χ4n) is 2.31. The highest BCUT2D eigenvalue weighted by Gasteiger charge is 2.44. The fraction of sp³-hybridized carbons (Fsp3) is 0.917. The fourth-order valence-corrected chi connectivity index (χ4v) is 2.31. The Labute approximate surface area is 86.5 Å². The first-order valence-corrected chi connectivity index (χ1v) is 5.87. The summed E-state index contributed by atoms with van der Waals surface area (Å²) in [5.74, 6) is 1.28. The van der Waals surface area contributed by atoms with E-state index in [1.807, 2.05) is 0 Å². The maximum Gasteiger partial charge on any atom is 0.140 e. The molecule has 1 aliphatic heterocycles. The number of ketones is 1. The molecule has 0 spiro atoms. The van der Waals surface area contributed by atoms with Crippen molar-refractivity contribution < 1.29 is 4.79 Å². The van der Waals surface area contributed by atoms with E-state index in [-0.39, 0.29) is 5.41 Å². The van der Waals surface area contributed by atoms with Crippen LogP contribution in [0.2, 0.25) is 0 Å². The zero-order valence-electron chi connectivity index (χ0n) is 9.31. The van der Waals surface area contributed by atoms with Crippen LogP contribution in [0.3, 0.4) is 0 Å². The van der Waals surface area contributed by atoms with Gasteiger partial charge in [-0.2, -0.15) is 0 Å². The molecule has 1 heterocycles. The van der Waals surface area contributed by atoms with Crippen LogP contribution in [0.1, 0.15) is 46.0 Å². The molecule has 1 aliphatic carbocycles. The highest BCUT2D eigenvalue weighted by atomic mass is 16.1. The number of nitrogens with one attached hydrogen (secondary N) is 1. The Hall–Kier alpha value is -0.370. The lowest BCUT2D eigenvalue weighted by molar-refractivity contribution is -0.124. The molecule has 1 N–H and O–H groups in total. The minimum atomic E-state index is 0.0718. The summed E-state index contributed by atoms with van der Waals surface area (Å²) in [5.41, 5.74) is 0.0718. The molecule has 14 heavy (non-hydrogen) atoms. The molecule has 0 aromatic rings. The Morgan fingerprint density at radius 2 is 2.21 bits per heavy atom. The van der Waals surface area contributed by atoms with Crippen LogP contribution >= 0.6 is 0 Å². The third-order valence-corrected chi connectivity index (χ3v) is 3.86. The van der Waals surface area contributed by atoms with Crippen LogP contribution in [-0.4, -0.2) is 18.4 Å². The minimum Gasteiger partial charge on any atom is -0.314 e. The zero-order chi connectivity index (χ0) is 10.2. The molecule has 0 amide bonds. The zero-order valence-corrected chi connectivity index (χ0v) is 9.31. The topological polar surface area (TPSA) is 29.1 Å². The second-order valence-corrected chi connectivity index (χ2v) is 5.47. The van der Waals surface area contributed by atoms with Gasteiger partial charge in [0.25, 0.3) is 0 Å². The van der Waals surface area contributed by atoms with Crippen LogP contribution in [0.25, 0.3) is 0 Å². The van der Waals surface area contributed by atoms with E-state index in [1.54, 1.807) is 0 Å². The summed E-state index contributed by atoms with van der Waals surface area (Å²) < 4.78 is 0. The number of carbonyl (C=O) groups excluding carboxylic acids is 1. The molecule has 1 saturated carbocycles. The van der Waals surface area contributed by atoms with E-state index in [0.29, 0.717) is 11.8 Å². The molecule has 2 unspecified atom stereocenters. The number of carbonyl (C=O) groups is 1. The molecule has 80 valence electrons. The van der Waals surface area contributed by atoms with E-state index in [0.717, 1.165) is 31.7 Å². The Morgan fingerprint density at radius 1 is 1.50 bits per heavy atom. The molecule has 0 radical (unpaired) electrons. The molecule has 0 aromatic carbocycles. The molecule has 0 bridgehead atoms. The van der Waals surface area contributed by atoms with Crippen LogP contribution in [0.4, 0.5) is 0 Å². The quantitative estimate of drug-likeness (QED) is 0.747. The van der Waals surface area contributed by atoms with E-state index in [4.69, 9.17) is 0 Å². The van der Waals surface area contributed by atoms with E-state index in [9.17, 15) is 4.79 Å². The molecule has 2 fully saturated rings. The van der Waals surface area contributed by atoms with E-state index < -0.39 is 0 Å². The highest BCUT2D eigenvalue weighted by Crippen LogP contribution is 2.46. The van der Waals surface area contributed by atoms with Crippen LogP contribution in [-0.2, 0) is 4.79 Å². The Kier molecular flexibility index (Phi) is 2.65. The van der Waals surface area contributed by atoms with Crippen LogP contribution in [0, 0.1) is 11.3 Å². The normalized spacial score (nSPS) is 35.3. The molecule has 2 aliphatic rings. The minimum absolute atomic E-state index is 0.0718. The summed E-state index contributed by atoms with van der Waals surface area (Å²) in [6, 6.07) is 0.462. The maximum atomic E-state index is 11.9. The number of rotatable bonds is 3. The van der Waals surface area contributed by atoms with Crippen molar-refractivity contribution in [2.24, 2.45) is 11.3 Å². The van der Waals surface area contributed by atoms with Crippen molar-refractivity contribution in [3.63, 3.8) is 0 Å². The molecule has 1 saturated heterocycles. The van der Waals surface area contributed by atoms with Crippen LogP contribution in [0.5, 0.6) is 0 Å². The lowest BCUT2D eigenvalue weighted by Crippen LogP contribution is -2.39. The smallest absolute Gasteiger partial charge is 0.140 e. The Bertz CT molecular complexity index is 232. The van der Waals surface area contributed by atoms with Crippen molar-refractivity contribution in [1.29, 1.82) is 0 Å². The van der Waals surface area contributed by atoms with Gasteiger partial charge >= 0.3 is 0 Å². The van der Waals surface area contributed by atoms with Crippen molar-refractivity contribution in [1.82, 2.24) is 5.32 Å². The van der Waals surface area contributed by atoms with Crippen LogP contribution < -0.4 is 5.32 Å². The molecule has 2 heteroatoms. The largest absolute Gasteiger partial charge is 0.314 e. The van der Waals surface area contributed by atoms with Crippen molar-refractivity contribution in [3.8, 4) is 0 Å². The van der Waals surface area contributed by atoms with Gasteiger partial charge in [0.2, 0.25) is 0 Å². The third-order valence-electron chi connectivity index (χ3n) is 3.86. The van der Waals surface area contributed by atoms with E-state index in [2.05, 4.69) is 19.2 Å². The van der Waals surface area contributed by atoms with Gasteiger partial charge in [0.1, 0.15) is 5.78 Å². The first-order chi connectivity index (χ1) is 6.60. The van der Waals surface area contributed by atoms with Gasteiger partial charge in [0.15, 0.2) is 0 Å². The Morgan fingerprint density at radius 3 is 2.79 bits per heavy atom. The van der Waals surface area contributed by atoms with Gasteiger partial charge in [-0.1, -0.05) is 13.8 Å². The van der Waals surface area contributed by atoms with Gasteiger partial charge in [-0.05, 0) is 38.1 Å². The highest BCUT2D eigenvalue weighted by molar-refractivity contribution is 5.87. The van der Waals surface area contributed by atoms with Crippen molar-refractivity contribution in [2.45, 2.75) is 52.0 Å². The van der Waals surface area contributed by atoms with Crippen LogP contribution in [0.15, 0.2) is 0 Å². The summed E-state index contributed by atoms with van der Waals surface area (Å²) in [6.07, 6.45) is 5.45. The number of hydrogen-bond donors (Lipinski definition) is 1. The lowest BCUT2D eigenvalue weighted by atomic mass is 9.88. The van der Waals surface area contributed by atoms with Gasteiger partial charge < -0.3 is 5.32 Å². The molecule has 2 nitrogen and oxygen atoms in total. The van der Waals surface area contributed by atoms with Gasteiger partial charge in [-0.25, -0.2) is 0 Å². The van der Waals surface area contributed by atoms with E-state index in [1.165, 1.54) is 12.8 Å². The summed E-state index contributed by atoms with van der Waals surface area (Å²) in [5, 5.41) is 3.46. The second-order valence-electron chi connectivity index (χ2n) is 5.47. The number of hydrogen-bond acceptors (Lipinski definition) is 2. The molecule has 2 atom stereocenters. The van der Waals surface area contributed by atoms with Gasteiger partial charge in [-0.15, -0.1) is 0 Å². The van der Waals surface area contributed by atoms with Gasteiger partial charge in [0.05, 0.1) is 0 Å². The maximum absolute atomic E-state index is 11.9. The molecular weight excluding hydrogens is 174 g/mol. The third kappa shape index (κ3) is 2.17. The average molecular weight is 195 g/mol. The predicted octanol–water partition coefficient (Wildman–Crippen LogP) is 2.13. The first kappa shape index (κ1) is 10.2. The van der Waals surface area contributed by atoms with Gasteiger partial charge in [0, 0.05) is 17.9 Å².